The van der Waals surface area contributed by atoms with Crippen molar-refractivity contribution >= 4 is 44.2 Å². The molecule has 0 unspecified atom stereocenters. The lowest BCUT2D eigenvalue weighted by Crippen LogP contribution is -1.91. The minimum Gasteiger partial charge on any atom is -0.455 e. The van der Waals surface area contributed by atoms with Crippen LogP contribution in [0.15, 0.2) is 46.9 Å². The molecule has 16 heavy (non-hydrogen) atoms. The number of halogens is 2. The molecule has 2 nitrogen and oxygen atoms in total. The Hall–Kier alpha value is -0.750. The molecular weight excluding hydrogens is 381 g/mol. The van der Waals surface area contributed by atoms with Gasteiger partial charge in [-0.25, -0.2) is 0 Å². The normalized spacial score (nSPS) is 10.1. The van der Waals surface area contributed by atoms with Gasteiger partial charge in [0.05, 0.1) is 5.69 Å². The third kappa shape index (κ3) is 2.89. The topological polar surface area (TPSA) is 35.2 Å². The molecular formula is C12H9BrINO. The van der Waals surface area contributed by atoms with E-state index < -0.39 is 0 Å². The van der Waals surface area contributed by atoms with Crippen molar-refractivity contribution in [2.75, 3.05) is 5.73 Å². The highest BCUT2D eigenvalue weighted by Gasteiger charge is 2.02. The molecule has 0 fully saturated rings. The third-order valence-corrected chi connectivity index (χ3v) is 3.23. The molecule has 82 valence electrons. The van der Waals surface area contributed by atoms with E-state index in [1.807, 2.05) is 42.5 Å². The second kappa shape index (κ2) is 5.05. The average molecular weight is 390 g/mol. The Morgan fingerprint density at radius 2 is 1.75 bits per heavy atom. The minimum absolute atomic E-state index is 0.618. The van der Waals surface area contributed by atoms with Gasteiger partial charge in [0.25, 0.3) is 0 Å². The molecule has 0 bridgehead atoms. The van der Waals surface area contributed by atoms with Crippen LogP contribution in [0.3, 0.4) is 0 Å². The van der Waals surface area contributed by atoms with Crippen molar-refractivity contribution in [2.45, 2.75) is 0 Å². The zero-order chi connectivity index (χ0) is 11.5. The second-order valence-electron chi connectivity index (χ2n) is 3.24. The number of nitrogens with two attached hydrogens (primary N) is 1. The Labute approximate surface area is 116 Å². The van der Waals surface area contributed by atoms with E-state index in [1.54, 1.807) is 0 Å². The molecule has 0 spiro atoms. The van der Waals surface area contributed by atoms with Crippen LogP contribution in [0.25, 0.3) is 0 Å². The summed E-state index contributed by atoms with van der Waals surface area (Å²) in [4.78, 5) is 0. The molecule has 0 aliphatic heterocycles. The van der Waals surface area contributed by atoms with Crippen molar-refractivity contribution in [1.29, 1.82) is 0 Å². The predicted octanol–water partition coefficient (Wildman–Crippen LogP) is 4.43. The van der Waals surface area contributed by atoms with Gasteiger partial charge in [0.15, 0.2) is 0 Å². The molecule has 0 aromatic heterocycles. The smallest absolute Gasteiger partial charge is 0.150 e. The summed E-state index contributed by atoms with van der Waals surface area (Å²) in [6, 6.07) is 13.4. The molecule has 0 aliphatic carbocycles. The van der Waals surface area contributed by atoms with E-state index in [0.29, 0.717) is 11.4 Å². The first-order valence-corrected chi connectivity index (χ1v) is 6.51. The van der Waals surface area contributed by atoms with Crippen molar-refractivity contribution in [3.05, 3.63) is 50.5 Å². The van der Waals surface area contributed by atoms with Crippen LogP contribution >= 0.6 is 38.5 Å². The van der Waals surface area contributed by atoms with Crippen LogP contribution in [-0.4, -0.2) is 0 Å². The molecule has 0 radical (unpaired) electrons. The van der Waals surface area contributed by atoms with Gasteiger partial charge >= 0.3 is 0 Å². The van der Waals surface area contributed by atoms with Gasteiger partial charge in [0.1, 0.15) is 11.5 Å². The van der Waals surface area contributed by atoms with E-state index in [0.717, 1.165) is 10.2 Å². The van der Waals surface area contributed by atoms with Gasteiger partial charge in [-0.1, -0.05) is 15.9 Å². The second-order valence-corrected chi connectivity index (χ2v) is 5.40. The minimum atomic E-state index is 0.618. The van der Waals surface area contributed by atoms with E-state index >= 15 is 0 Å². The van der Waals surface area contributed by atoms with Crippen LogP contribution < -0.4 is 10.5 Å². The molecule has 2 aromatic rings. The van der Waals surface area contributed by atoms with E-state index in [4.69, 9.17) is 10.5 Å². The van der Waals surface area contributed by atoms with Gasteiger partial charge in [-0.3, -0.25) is 0 Å². The maximum Gasteiger partial charge on any atom is 0.150 e. The quantitative estimate of drug-likeness (QED) is 0.609. The maximum absolute atomic E-state index is 5.84. The van der Waals surface area contributed by atoms with Gasteiger partial charge < -0.3 is 10.5 Å². The van der Waals surface area contributed by atoms with Gasteiger partial charge in [0.2, 0.25) is 0 Å². The van der Waals surface area contributed by atoms with E-state index in [1.165, 1.54) is 3.57 Å². The van der Waals surface area contributed by atoms with Crippen LogP contribution in [0.5, 0.6) is 11.5 Å². The van der Waals surface area contributed by atoms with Crippen molar-refractivity contribution in [2.24, 2.45) is 0 Å². The first-order valence-electron chi connectivity index (χ1n) is 4.63. The number of hydrogen-bond donors (Lipinski definition) is 1. The monoisotopic (exact) mass is 389 g/mol. The summed E-state index contributed by atoms with van der Waals surface area (Å²) in [7, 11) is 0. The van der Waals surface area contributed by atoms with Crippen LogP contribution in [-0.2, 0) is 0 Å². The van der Waals surface area contributed by atoms with Crippen LogP contribution in [0.2, 0.25) is 0 Å². The SMILES string of the molecule is Nc1cc(Br)ccc1Oc1ccc(I)cc1. The lowest BCUT2D eigenvalue weighted by Gasteiger charge is -2.08. The molecule has 0 saturated carbocycles. The number of hydrogen-bond acceptors (Lipinski definition) is 2. The molecule has 0 aliphatic rings. The Morgan fingerprint density at radius 3 is 2.38 bits per heavy atom. The largest absolute Gasteiger partial charge is 0.455 e. The average Bonchev–Trinajstić information content (AvgIpc) is 2.25. The highest BCUT2D eigenvalue weighted by Crippen LogP contribution is 2.29. The van der Waals surface area contributed by atoms with Crippen molar-refractivity contribution in [3.8, 4) is 11.5 Å². The van der Waals surface area contributed by atoms with Crippen LogP contribution in [0.4, 0.5) is 5.69 Å². The molecule has 2 rings (SSSR count). The molecule has 0 heterocycles. The molecule has 0 atom stereocenters. The molecule has 0 saturated heterocycles. The molecule has 4 heteroatoms. The zero-order valence-electron chi connectivity index (χ0n) is 8.28. The highest BCUT2D eigenvalue weighted by molar-refractivity contribution is 14.1. The summed E-state index contributed by atoms with van der Waals surface area (Å²) in [6.45, 7) is 0. The number of ether oxygens (including phenoxy) is 1. The van der Waals surface area contributed by atoms with Crippen LogP contribution in [0.1, 0.15) is 0 Å². The molecule has 0 amide bonds. The Kier molecular flexibility index (Phi) is 3.70. The fraction of sp³-hybridized carbons (Fsp3) is 0. The zero-order valence-corrected chi connectivity index (χ0v) is 12.0. The van der Waals surface area contributed by atoms with Crippen molar-refractivity contribution < 1.29 is 4.74 Å². The lowest BCUT2D eigenvalue weighted by atomic mass is 10.3. The Balaban J connectivity index is 2.23. The first kappa shape index (κ1) is 11.7. The number of nitrogen functional groups attached to an aromatic ring is 1. The Morgan fingerprint density at radius 1 is 1.06 bits per heavy atom. The van der Waals surface area contributed by atoms with Gasteiger partial charge in [-0.2, -0.15) is 0 Å². The van der Waals surface area contributed by atoms with E-state index in [-0.39, 0.29) is 0 Å². The predicted molar refractivity (Wildman–Crippen MR) is 77.8 cm³/mol. The third-order valence-electron chi connectivity index (χ3n) is 2.01. The van der Waals surface area contributed by atoms with Gasteiger partial charge in [0, 0.05) is 8.04 Å². The van der Waals surface area contributed by atoms with Crippen molar-refractivity contribution in [3.63, 3.8) is 0 Å². The standard InChI is InChI=1S/C12H9BrINO/c13-8-1-6-12(11(15)7-8)16-10-4-2-9(14)3-5-10/h1-7H,15H2. The van der Waals surface area contributed by atoms with E-state index in [9.17, 15) is 0 Å². The van der Waals surface area contributed by atoms with Crippen LogP contribution in [0, 0.1) is 3.57 Å². The number of anilines is 1. The summed E-state index contributed by atoms with van der Waals surface area (Å²) < 4.78 is 7.79. The van der Waals surface area contributed by atoms with Gasteiger partial charge in [-0.15, -0.1) is 0 Å². The maximum atomic E-state index is 5.84. The fourth-order valence-corrected chi connectivity index (χ4v) is 1.98. The molecule has 2 N–H and O–H groups in total. The number of rotatable bonds is 2. The Bertz CT molecular complexity index is 499. The number of benzene rings is 2. The molecule has 2 aromatic carbocycles. The summed E-state index contributed by atoms with van der Waals surface area (Å²) in [5, 5.41) is 0. The highest BCUT2D eigenvalue weighted by atomic mass is 127. The summed E-state index contributed by atoms with van der Waals surface area (Å²) >= 11 is 5.61. The summed E-state index contributed by atoms with van der Waals surface area (Å²) in [5.41, 5.74) is 6.46. The lowest BCUT2D eigenvalue weighted by molar-refractivity contribution is 0.485. The summed E-state index contributed by atoms with van der Waals surface area (Å²) in [5.74, 6) is 1.46. The van der Waals surface area contributed by atoms with E-state index in [2.05, 4.69) is 38.5 Å². The fourth-order valence-electron chi connectivity index (χ4n) is 1.24. The van der Waals surface area contributed by atoms with Crippen molar-refractivity contribution in [1.82, 2.24) is 0 Å². The first-order chi connectivity index (χ1) is 7.65. The summed E-state index contributed by atoms with van der Waals surface area (Å²) in [6.07, 6.45) is 0. The van der Waals surface area contributed by atoms with Gasteiger partial charge in [-0.05, 0) is 65.1 Å².